The first-order chi connectivity index (χ1) is 8.31. The number of carbonyl (C=O) groups is 1. The number of rotatable bonds is 4. The van der Waals surface area contributed by atoms with Gasteiger partial charge in [0.25, 0.3) is 0 Å². The highest BCUT2D eigenvalue weighted by molar-refractivity contribution is 6.31. The molecule has 0 aliphatic heterocycles. The summed E-state index contributed by atoms with van der Waals surface area (Å²) in [4.78, 5) is 11.1. The minimum atomic E-state index is -1.14. The number of methoxy groups -OCH3 is 1. The molecule has 5 heteroatoms. The molecule has 0 aliphatic rings. The normalized spacial score (nSPS) is 12.6. The predicted molar refractivity (Wildman–Crippen MR) is 71.4 cm³/mol. The second-order valence-corrected chi connectivity index (χ2v) is 4.90. The molecule has 1 aromatic carbocycles. The number of carboxylic acids is 1. The summed E-state index contributed by atoms with van der Waals surface area (Å²) in [6, 6.07) is 0.662. The Balaban J connectivity index is 3.60. The molecule has 3 N–H and O–H groups in total. The molecule has 0 spiro atoms. The van der Waals surface area contributed by atoms with E-state index < -0.39 is 12.0 Å². The molecule has 4 nitrogen and oxygen atoms in total. The zero-order valence-corrected chi connectivity index (χ0v) is 11.7. The van der Waals surface area contributed by atoms with Gasteiger partial charge in [0.2, 0.25) is 0 Å². The molecule has 1 rings (SSSR count). The van der Waals surface area contributed by atoms with Crippen LogP contribution in [0.5, 0.6) is 5.75 Å². The van der Waals surface area contributed by atoms with Crippen LogP contribution in [0.25, 0.3) is 0 Å². The second-order valence-electron chi connectivity index (χ2n) is 4.49. The minimum Gasteiger partial charge on any atom is -0.496 e. The third kappa shape index (κ3) is 2.60. The van der Waals surface area contributed by atoms with E-state index in [0.717, 1.165) is 5.56 Å². The molecule has 0 bridgehead atoms. The summed E-state index contributed by atoms with van der Waals surface area (Å²) in [6.45, 7) is 5.71. The van der Waals surface area contributed by atoms with Crippen LogP contribution in [0.1, 0.15) is 42.5 Å². The average molecular weight is 272 g/mol. The average Bonchev–Trinajstić information content (AvgIpc) is 2.30. The maximum Gasteiger partial charge on any atom is 0.325 e. The molecule has 18 heavy (non-hydrogen) atoms. The number of nitrogens with two attached hydrogens (primary N) is 1. The van der Waals surface area contributed by atoms with E-state index in [-0.39, 0.29) is 5.92 Å². The van der Waals surface area contributed by atoms with Gasteiger partial charge in [-0.1, -0.05) is 25.4 Å². The van der Waals surface area contributed by atoms with Crippen molar-refractivity contribution >= 4 is 17.6 Å². The molecule has 1 aromatic rings. The summed E-state index contributed by atoms with van der Waals surface area (Å²) >= 11 is 6.14. The van der Waals surface area contributed by atoms with Gasteiger partial charge in [-0.3, -0.25) is 4.79 Å². The topological polar surface area (TPSA) is 72.5 Å². The van der Waals surface area contributed by atoms with Gasteiger partial charge in [-0.05, 0) is 30.0 Å². The van der Waals surface area contributed by atoms with E-state index >= 15 is 0 Å². The fourth-order valence-corrected chi connectivity index (χ4v) is 2.14. The first-order valence-electron chi connectivity index (χ1n) is 5.66. The third-order valence-electron chi connectivity index (χ3n) is 2.95. The fraction of sp³-hybridized carbons (Fsp3) is 0.462. The van der Waals surface area contributed by atoms with Crippen LogP contribution in [0, 0.1) is 6.92 Å². The molecule has 1 atom stereocenters. The molecule has 100 valence electrons. The Kier molecular flexibility index (Phi) is 4.59. The van der Waals surface area contributed by atoms with Gasteiger partial charge in [0.1, 0.15) is 11.8 Å². The maximum absolute atomic E-state index is 11.1. The van der Waals surface area contributed by atoms with Crippen LogP contribution in [0.3, 0.4) is 0 Å². The lowest BCUT2D eigenvalue weighted by molar-refractivity contribution is -0.138. The lowest BCUT2D eigenvalue weighted by Gasteiger charge is -2.21. The number of hydrogen-bond acceptors (Lipinski definition) is 3. The summed E-state index contributed by atoms with van der Waals surface area (Å²) in [6.07, 6.45) is 0. The van der Waals surface area contributed by atoms with E-state index in [9.17, 15) is 4.79 Å². The van der Waals surface area contributed by atoms with Gasteiger partial charge in [0, 0.05) is 10.6 Å². The first kappa shape index (κ1) is 14.8. The van der Waals surface area contributed by atoms with Crippen LogP contribution in [-0.2, 0) is 4.79 Å². The van der Waals surface area contributed by atoms with Crippen molar-refractivity contribution in [2.75, 3.05) is 7.11 Å². The van der Waals surface area contributed by atoms with Crippen LogP contribution in [0.2, 0.25) is 5.02 Å². The highest BCUT2D eigenvalue weighted by Gasteiger charge is 2.25. The summed E-state index contributed by atoms with van der Waals surface area (Å²) < 4.78 is 5.34. The number of halogens is 1. The van der Waals surface area contributed by atoms with Gasteiger partial charge in [-0.2, -0.15) is 0 Å². The van der Waals surface area contributed by atoms with Crippen molar-refractivity contribution in [1.82, 2.24) is 0 Å². The third-order valence-corrected chi connectivity index (χ3v) is 3.35. The molecule has 0 aliphatic carbocycles. The number of aliphatic carboxylic acids is 1. The Morgan fingerprint density at radius 2 is 2.06 bits per heavy atom. The van der Waals surface area contributed by atoms with Crippen molar-refractivity contribution in [2.24, 2.45) is 5.73 Å². The van der Waals surface area contributed by atoms with Gasteiger partial charge >= 0.3 is 5.97 Å². The van der Waals surface area contributed by atoms with E-state index in [1.807, 2.05) is 13.8 Å². The summed E-state index contributed by atoms with van der Waals surface area (Å²) in [5.41, 5.74) is 7.67. The van der Waals surface area contributed by atoms with Crippen LogP contribution < -0.4 is 10.5 Å². The van der Waals surface area contributed by atoms with E-state index in [0.29, 0.717) is 21.9 Å². The molecule has 0 saturated heterocycles. The highest BCUT2D eigenvalue weighted by atomic mass is 35.5. The lowest BCUT2D eigenvalue weighted by atomic mass is 9.92. The van der Waals surface area contributed by atoms with Crippen molar-refractivity contribution in [1.29, 1.82) is 0 Å². The number of benzene rings is 1. The zero-order chi connectivity index (χ0) is 14.0. The minimum absolute atomic E-state index is 0.165. The van der Waals surface area contributed by atoms with Crippen LogP contribution in [-0.4, -0.2) is 18.2 Å². The van der Waals surface area contributed by atoms with Gasteiger partial charge in [0.05, 0.1) is 7.11 Å². The Labute approximate surface area is 112 Å². The Morgan fingerprint density at radius 1 is 1.50 bits per heavy atom. The molecular formula is C13H18ClNO3. The molecule has 0 fully saturated rings. The van der Waals surface area contributed by atoms with Gasteiger partial charge < -0.3 is 15.6 Å². The molecule has 0 aromatic heterocycles. The summed E-state index contributed by atoms with van der Waals surface area (Å²) in [7, 11) is 1.51. The van der Waals surface area contributed by atoms with Gasteiger partial charge in [-0.25, -0.2) is 0 Å². The predicted octanol–water partition coefficient (Wildman–Crippen LogP) is 2.86. The highest BCUT2D eigenvalue weighted by Crippen LogP contribution is 2.39. The lowest BCUT2D eigenvalue weighted by Crippen LogP contribution is -2.23. The molecule has 1 unspecified atom stereocenters. The Bertz CT molecular complexity index is 472. The van der Waals surface area contributed by atoms with Crippen molar-refractivity contribution in [3.63, 3.8) is 0 Å². The van der Waals surface area contributed by atoms with Crippen LogP contribution in [0.4, 0.5) is 0 Å². The molecule has 0 saturated carbocycles. The molecule has 0 heterocycles. The van der Waals surface area contributed by atoms with Crippen LogP contribution in [0.15, 0.2) is 6.07 Å². The molecule has 0 amide bonds. The summed E-state index contributed by atoms with van der Waals surface area (Å²) in [5.74, 6) is -0.423. The number of carboxylic acid groups (broad SMARTS) is 1. The molecular weight excluding hydrogens is 254 g/mol. The van der Waals surface area contributed by atoms with Crippen molar-refractivity contribution in [3.05, 3.63) is 27.8 Å². The largest absolute Gasteiger partial charge is 0.496 e. The van der Waals surface area contributed by atoms with E-state index in [1.54, 1.807) is 13.0 Å². The van der Waals surface area contributed by atoms with E-state index in [1.165, 1.54) is 7.11 Å². The van der Waals surface area contributed by atoms with Crippen LogP contribution >= 0.6 is 11.6 Å². The smallest absolute Gasteiger partial charge is 0.325 e. The zero-order valence-electron chi connectivity index (χ0n) is 11.0. The monoisotopic (exact) mass is 271 g/mol. The standard InChI is InChI=1S/C13H18ClNO3/c1-6(2)8-5-9(14)7(3)10(12(8)18-4)11(15)13(16)17/h5-6,11H,15H2,1-4H3,(H,16,17). The van der Waals surface area contributed by atoms with Gasteiger partial charge in [-0.15, -0.1) is 0 Å². The number of ether oxygens (including phenoxy) is 1. The Hall–Kier alpha value is -1.26. The van der Waals surface area contributed by atoms with E-state index in [4.69, 9.17) is 27.2 Å². The molecule has 0 radical (unpaired) electrons. The Morgan fingerprint density at radius 3 is 2.44 bits per heavy atom. The van der Waals surface area contributed by atoms with Crippen molar-refractivity contribution in [3.8, 4) is 5.75 Å². The van der Waals surface area contributed by atoms with Crippen molar-refractivity contribution < 1.29 is 14.6 Å². The van der Waals surface area contributed by atoms with Crippen molar-refractivity contribution in [2.45, 2.75) is 32.7 Å². The quantitative estimate of drug-likeness (QED) is 0.883. The SMILES string of the molecule is COc1c(C(C)C)cc(Cl)c(C)c1C(N)C(=O)O. The number of hydrogen-bond donors (Lipinski definition) is 2. The maximum atomic E-state index is 11.1. The van der Waals surface area contributed by atoms with E-state index in [2.05, 4.69) is 0 Å². The van der Waals surface area contributed by atoms with Gasteiger partial charge in [0.15, 0.2) is 0 Å². The first-order valence-corrected chi connectivity index (χ1v) is 6.04. The fourth-order valence-electron chi connectivity index (χ4n) is 1.92. The summed E-state index contributed by atoms with van der Waals surface area (Å²) in [5, 5.41) is 9.58. The second kappa shape index (κ2) is 5.59.